The summed E-state index contributed by atoms with van der Waals surface area (Å²) in [5, 5.41) is 0.107. The lowest BCUT2D eigenvalue weighted by atomic mass is 10.1. The van der Waals surface area contributed by atoms with E-state index >= 15 is 0 Å². The summed E-state index contributed by atoms with van der Waals surface area (Å²) < 4.78 is 14.9. The van der Waals surface area contributed by atoms with Crippen molar-refractivity contribution < 1.29 is 9.18 Å². The van der Waals surface area contributed by atoms with Crippen molar-refractivity contribution in [3.05, 3.63) is 89.2 Å². The summed E-state index contributed by atoms with van der Waals surface area (Å²) in [6.07, 6.45) is 8.39. The minimum atomic E-state index is -0.467. The molecule has 0 unspecified atom stereocenters. The zero-order valence-electron chi connectivity index (χ0n) is 12.0. The third-order valence-corrected chi connectivity index (χ3v) is 3.63. The van der Waals surface area contributed by atoms with Crippen molar-refractivity contribution in [3.8, 4) is 5.69 Å². The first-order chi connectivity index (χ1) is 11.1. The summed E-state index contributed by atoms with van der Waals surface area (Å²) in [4.78, 5) is 16.1. The van der Waals surface area contributed by atoms with Crippen molar-refractivity contribution in [2.24, 2.45) is 0 Å². The third kappa shape index (κ3) is 3.55. The number of halogens is 2. The van der Waals surface area contributed by atoms with Crippen LogP contribution >= 0.6 is 11.6 Å². The molecule has 3 aromatic rings. The van der Waals surface area contributed by atoms with Gasteiger partial charge in [0.15, 0.2) is 5.78 Å². The smallest absolute Gasteiger partial charge is 0.187 e. The second-order valence-electron chi connectivity index (χ2n) is 4.88. The highest BCUT2D eigenvalue weighted by atomic mass is 35.5. The highest BCUT2D eigenvalue weighted by Crippen LogP contribution is 2.19. The fourth-order valence-electron chi connectivity index (χ4n) is 2.12. The van der Waals surface area contributed by atoms with Crippen LogP contribution in [0.15, 0.2) is 67.3 Å². The summed E-state index contributed by atoms with van der Waals surface area (Å²) in [5.74, 6) is -0.737. The van der Waals surface area contributed by atoms with Crippen molar-refractivity contribution in [2.75, 3.05) is 0 Å². The van der Waals surface area contributed by atoms with Crippen molar-refractivity contribution in [2.45, 2.75) is 0 Å². The number of aromatic nitrogens is 2. The molecule has 0 amide bonds. The van der Waals surface area contributed by atoms with Gasteiger partial charge in [-0.25, -0.2) is 9.37 Å². The molecule has 0 N–H and O–H groups in total. The van der Waals surface area contributed by atoms with Crippen molar-refractivity contribution >= 4 is 23.5 Å². The summed E-state index contributed by atoms with van der Waals surface area (Å²) in [5.41, 5.74) is 2.13. The third-order valence-electron chi connectivity index (χ3n) is 3.32. The van der Waals surface area contributed by atoms with Gasteiger partial charge in [0.1, 0.15) is 5.82 Å². The molecular weight excluding hydrogens is 315 g/mol. The van der Waals surface area contributed by atoms with E-state index in [1.165, 1.54) is 18.2 Å². The predicted molar refractivity (Wildman–Crippen MR) is 88.3 cm³/mol. The molecule has 3 rings (SSSR count). The molecule has 0 aliphatic carbocycles. The number of carbonyl (C=O) groups is 1. The monoisotopic (exact) mass is 326 g/mol. The number of carbonyl (C=O) groups excluding carboxylic acids is 1. The molecule has 1 heterocycles. The normalized spacial score (nSPS) is 11.0. The zero-order chi connectivity index (χ0) is 16.2. The summed E-state index contributed by atoms with van der Waals surface area (Å²) >= 11 is 5.88. The van der Waals surface area contributed by atoms with Crippen LogP contribution in [-0.4, -0.2) is 15.3 Å². The molecule has 0 bridgehead atoms. The number of benzene rings is 2. The SMILES string of the molecule is O=C(/C=C/c1ccc(-n2ccnc2)cc1)c1ccc(F)cc1Cl. The Labute approximate surface area is 137 Å². The average Bonchev–Trinajstić information content (AvgIpc) is 3.07. The van der Waals surface area contributed by atoms with Crippen LogP contribution in [0.1, 0.15) is 15.9 Å². The molecule has 23 heavy (non-hydrogen) atoms. The minimum absolute atomic E-state index is 0.107. The molecule has 0 atom stereocenters. The van der Waals surface area contributed by atoms with Crippen LogP contribution in [-0.2, 0) is 0 Å². The summed E-state index contributed by atoms with van der Waals surface area (Å²) in [6, 6.07) is 11.4. The van der Waals surface area contributed by atoms with E-state index in [-0.39, 0.29) is 16.4 Å². The van der Waals surface area contributed by atoms with Crippen LogP contribution in [0.25, 0.3) is 11.8 Å². The highest BCUT2D eigenvalue weighted by molar-refractivity contribution is 6.34. The van der Waals surface area contributed by atoms with Crippen LogP contribution < -0.4 is 0 Å². The number of ketones is 1. The molecule has 0 aliphatic heterocycles. The molecule has 5 heteroatoms. The maximum atomic E-state index is 13.0. The van der Waals surface area contributed by atoms with Gasteiger partial charge in [-0.3, -0.25) is 4.79 Å². The second-order valence-corrected chi connectivity index (χ2v) is 5.29. The Morgan fingerprint density at radius 1 is 1.17 bits per heavy atom. The minimum Gasteiger partial charge on any atom is -0.306 e. The van der Waals surface area contributed by atoms with E-state index in [4.69, 9.17) is 11.6 Å². The standard InChI is InChI=1S/C18H12ClFN2O/c19-17-11-14(20)4-7-16(17)18(23)8-3-13-1-5-15(6-2-13)22-10-9-21-12-22/h1-12H/b8-3+. The number of nitrogens with zero attached hydrogens (tertiary/aromatic N) is 2. The zero-order valence-corrected chi connectivity index (χ0v) is 12.7. The Morgan fingerprint density at radius 3 is 2.61 bits per heavy atom. The van der Waals surface area contributed by atoms with Crippen LogP contribution in [0.2, 0.25) is 5.02 Å². The molecule has 0 fully saturated rings. The molecule has 0 saturated carbocycles. The van der Waals surface area contributed by atoms with Gasteiger partial charge >= 0.3 is 0 Å². The maximum Gasteiger partial charge on any atom is 0.187 e. The first-order valence-corrected chi connectivity index (χ1v) is 7.27. The van der Waals surface area contributed by atoms with Gasteiger partial charge in [-0.15, -0.1) is 0 Å². The molecule has 0 spiro atoms. The van der Waals surface area contributed by atoms with Crippen molar-refractivity contribution in [3.63, 3.8) is 0 Å². The fourth-order valence-corrected chi connectivity index (χ4v) is 2.38. The molecule has 3 nitrogen and oxygen atoms in total. The number of hydrogen-bond donors (Lipinski definition) is 0. The van der Waals surface area contributed by atoms with E-state index in [1.807, 2.05) is 35.0 Å². The molecule has 1 aromatic heterocycles. The Bertz CT molecular complexity index is 855. The van der Waals surface area contributed by atoms with Gasteiger partial charge in [-0.2, -0.15) is 0 Å². The number of imidazole rings is 1. The fraction of sp³-hybridized carbons (Fsp3) is 0. The molecule has 0 saturated heterocycles. The first-order valence-electron chi connectivity index (χ1n) is 6.89. The lowest BCUT2D eigenvalue weighted by Crippen LogP contribution is -1.96. The summed E-state index contributed by atoms with van der Waals surface area (Å²) in [6.45, 7) is 0. The van der Waals surface area contributed by atoms with Crippen LogP contribution in [0, 0.1) is 5.82 Å². The van der Waals surface area contributed by atoms with Gasteiger partial charge in [-0.1, -0.05) is 29.8 Å². The average molecular weight is 327 g/mol. The van der Waals surface area contributed by atoms with Gasteiger partial charge in [0.05, 0.1) is 11.3 Å². The molecule has 0 aliphatic rings. The van der Waals surface area contributed by atoms with Crippen molar-refractivity contribution in [1.82, 2.24) is 9.55 Å². The van der Waals surface area contributed by atoms with Crippen LogP contribution in [0.4, 0.5) is 4.39 Å². The lowest BCUT2D eigenvalue weighted by Gasteiger charge is -2.02. The largest absolute Gasteiger partial charge is 0.306 e. The molecular formula is C18H12ClFN2O. The van der Waals surface area contributed by atoms with Gasteiger partial charge in [0.2, 0.25) is 0 Å². The Kier molecular flexibility index (Phi) is 4.35. The van der Waals surface area contributed by atoms with Crippen LogP contribution in [0.3, 0.4) is 0 Å². The predicted octanol–water partition coefficient (Wildman–Crippen LogP) is 4.56. The van der Waals surface area contributed by atoms with Crippen LogP contribution in [0.5, 0.6) is 0 Å². The van der Waals surface area contributed by atoms with E-state index in [9.17, 15) is 9.18 Å². The number of rotatable bonds is 4. The Balaban J connectivity index is 1.76. The first kappa shape index (κ1) is 15.2. The second kappa shape index (κ2) is 6.58. The maximum absolute atomic E-state index is 13.0. The molecule has 2 aromatic carbocycles. The van der Waals surface area contributed by atoms with Gasteiger partial charge in [0, 0.05) is 23.6 Å². The molecule has 0 radical (unpaired) electrons. The number of hydrogen-bond acceptors (Lipinski definition) is 2. The van der Waals surface area contributed by atoms with E-state index in [2.05, 4.69) is 4.98 Å². The topological polar surface area (TPSA) is 34.9 Å². The quantitative estimate of drug-likeness (QED) is 0.520. The summed E-state index contributed by atoms with van der Waals surface area (Å²) in [7, 11) is 0. The van der Waals surface area contributed by atoms with Gasteiger partial charge in [0.25, 0.3) is 0 Å². The Morgan fingerprint density at radius 2 is 1.96 bits per heavy atom. The highest BCUT2D eigenvalue weighted by Gasteiger charge is 2.08. The van der Waals surface area contributed by atoms with Gasteiger partial charge in [-0.05, 0) is 42.0 Å². The van der Waals surface area contributed by atoms with E-state index < -0.39 is 5.82 Å². The van der Waals surface area contributed by atoms with E-state index in [1.54, 1.807) is 18.6 Å². The lowest BCUT2D eigenvalue weighted by molar-refractivity contribution is 0.104. The van der Waals surface area contributed by atoms with Gasteiger partial charge < -0.3 is 4.57 Å². The number of allylic oxidation sites excluding steroid dienone is 1. The Hall–Kier alpha value is -2.72. The molecule has 114 valence electrons. The van der Waals surface area contributed by atoms with E-state index in [0.29, 0.717) is 0 Å². The van der Waals surface area contributed by atoms with E-state index in [0.717, 1.165) is 17.3 Å². The van der Waals surface area contributed by atoms with Crippen molar-refractivity contribution in [1.29, 1.82) is 0 Å².